The Morgan fingerprint density at radius 2 is 1.57 bits per heavy atom. The van der Waals surface area contributed by atoms with E-state index in [0.29, 0.717) is 4.47 Å². The number of halogens is 2. The molecule has 0 atom stereocenters. The summed E-state index contributed by atoms with van der Waals surface area (Å²) in [5.41, 5.74) is 5.37. The summed E-state index contributed by atoms with van der Waals surface area (Å²) >= 11 is 6.30. The van der Waals surface area contributed by atoms with E-state index in [1.807, 2.05) is 0 Å². The largest absolute Gasteiger partial charge is 0.397 e. The van der Waals surface area contributed by atoms with Crippen LogP contribution in [0.4, 0.5) is 5.69 Å². The molecule has 1 aliphatic rings. The lowest BCUT2D eigenvalue weighted by Crippen LogP contribution is -2.24. The molecule has 0 heterocycles. The first-order chi connectivity index (χ1) is 10.6. The number of hydrogen-bond acceptors (Lipinski definition) is 5. The Bertz CT molecular complexity index is 1010. The number of fused-ring (bicyclic) bond motifs is 2. The van der Waals surface area contributed by atoms with Crippen molar-refractivity contribution in [2.45, 2.75) is 4.90 Å². The summed E-state index contributed by atoms with van der Waals surface area (Å²) in [7, 11) is -4.64. The highest BCUT2D eigenvalue weighted by Gasteiger charge is 2.36. The molecule has 0 aromatic heterocycles. The van der Waals surface area contributed by atoms with Gasteiger partial charge in [-0.15, -0.1) is 0 Å². The van der Waals surface area contributed by atoms with Crippen molar-refractivity contribution < 1.29 is 22.6 Å². The van der Waals surface area contributed by atoms with Crippen LogP contribution in [-0.2, 0) is 10.1 Å². The van der Waals surface area contributed by atoms with E-state index in [9.17, 15) is 22.6 Å². The first-order valence-electron chi connectivity index (χ1n) is 6.11. The number of ketones is 2. The molecule has 118 valence electrons. The third-order valence-electron chi connectivity index (χ3n) is 3.48. The SMILES string of the molecule is Nc1c(S(=O)(=O)O)cc(Br)c2c1C(=O)c1cc(Br)ccc1C2=O. The van der Waals surface area contributed by atoms with Crippen LogP contribution in [0.25, 0.3) is 0 Å². The molecular formula is C14H7Br2NO5S. The van der Waals surface area contributed by atoms with Gasteiger partial charge in [0.05, 0.1) is 16.8 Å². The van der Waals surface area contributed by atoms with Gasteiger partial charge >= 0.3 is 0 Å². The highest BCUT2D eigenvalue weighted by molar-refractivity contribution is 9.10. The van der Waals surface area contributed by atoms with Gasteiger partial charge in [0.15, 0.2) is 11.6 Å². The van der Waals surface area contributed by atoms with Gasteiger partial charge in [-0.3, -0.25) is 14.1 Å². The van der Waals surface area contributed by atoms with E-state index in [-0.39, 0.29) is 26.7 Å². The summed E-state index contributed by atoms with van der Waals surface area (Å²) in [6.45, 7) is 0. The molecule has 0 spiro atoms. The molecule has 1 aliphatic carbocycles. The van der Waals surface area contributed by atoms with Crippen LogP contribution in [0.3, 0.4) is 0 Å². The van der Waals surface area contributed by atoms with E-state index < -0.39 is 32.3 Å². The zero-order valence-electron chi connectivity index (χ0n) is 11.1. The first kappa shape index (κ1) is 16.3. The van der Waals surface area contributed by atoms with Gasteiger partial charge < -0.3 is 5.73 Å². The molecule has 0 fully saturated rings. The van der Waals surface area contributed by atoms with E-state index in [0.717, 1.165) is 6.07 Å². The van der Waals surface area contributed by atoms with Gasteiger partial charge in [0.1, 0.15) is 4.90 Å². The number of nitrogens with two attached hydrogens (primary N) is 1. The number of hydrogen-bond donors (Lipinski definition) is 2. The van der Waals surface area contributed by atoms with Crippen molar-refractivity contribution in [1.82, 2.24) is 0 Å². The lowest BCUT2D eigenvalue weighted by atomic mass is 9.83. The average molecular weight is 461 g/mol. The maximum absolute atomic E-state index is 12.7. The third-order valence-corrected chi connectivity index (χ3v) is 5.50. The third kappa shape index (κ3) is 2.44. The molecule has 0 radical (unpaired) electrons. The molecule has 6 nitrogen and oxygen atoms in total. The average Bonchev–Trinajstić information content (AvgIpc) is 2.45. The normalized spacial score (nSPS) is 13.7. The molecule has 0 saturated carbocycles. The second-order valence-electron chi connectivity index (χ2n) is 4.84. The van der Waals surface area contributed by atoms with Gasteiger partial charge in [-0.25, -0.2) is 0 Å². The molecule has 0 saturated heterocycles. The smallest absolute Gasteiger partial charge is 0.296 e. The number of carbonyl (C=O) groups is 2. The second kappa shape index (κ2) is 5.23. The summed E-state index contributed by atoms with van der Waals surface area (Å²) < 4.78 is 32.8. The van der Waals surface area contributed by atoms with Crippen molar-refractivity contribution in [3.05, 3.63) is 55.5 Å². The molecule has 9 heteroatoms. The predicted octanol–water partition coefficient (Wildman–Crippen LogP) is 2.82. The monoisotopic (exact) mass is 459 g/mol. The predicted molar refractivity (Wildman–Crippen MR) is 89.4 cm³/mol. The van der Waals surface area contributed by atoms with Crippen LogP contribution in [-0.4, -0.2) is 24.5 Å². The summed E-state index contributed by atoms with van der Waals surface area (Å²) in [4.78, 5) is 24.7. The van der Waals surface area contributed by atoms with Gasteiger partial charge in [-0.05, 0) is 40.2 Å². The molecular weight excluding hydrogens is 454 g/mol. The maximum Gasteiger partial charge on any atom is 0.296 e. The van der Waals surface area contributed by atoms with Crippen LogP contribution < -0.4 is 5.73 Å². The lowest BCUT2D eigenvalue weighted by molar-refractivity contribution is 0.0979. The highest BCUT2D eigenvalue weighted by atomic mass is 79.9. The summed E-state index contributed by atoms with van der Waals surface area (Å²) in [5.74, 6) is -1.04. The van der Waals surface area contributed by atoms with Crippen molar-refractivity contribution >= 4 is 59.2 Å². The van der Waals surface area contributed by atoms with E-state index in [1.165, 1.54) is 12.1 Å². The van der Waals surface area contributed by atoms with E-state index >= 15 is 0 Å². The number of anilines is 1. The Balaban J connectivity index is 2.43. The molecule has 0 unspecified atom stereocenters. The highest BCUT2D eigenvalue weighted by Crippen LogP contribution is 2.39. The van der Waals surface area contributed by atoms with Gasteiger partial charge in [0.25, 0.3) is 10.1 Å². The Hall–Kier alpha value is -1.55. The van der Waals surface area contributed by atoms with Gasteiger partial charge in [-0.2, -0.15) is 8.42 Å². The van der Waals surface area contributed by atoms with Gasteiger partial charge in [0, 0.05) is 20.1 Å². The fourth-order valence-electron chi connectivity index (χ4n) is 2.49. The molecule has 3 N–H and O–H groups in total. The molecule has 0 bridgehead atoms. The van der Waals surface area contributed by atoms with Crippen LogP contribution in [0.15, 0.2) is 38.1 Å². The van der Waals surface area contributed by atoms with Crippen LogP contribution >= 0.6 is 31.9 Å². The summed E-state index contributed by atoms with van der Waals surface area (Å²) in [6.07, 6.45) is 0. The van der Waals surface area contributed by atoms with Crippen molar-refractivity contribution in [2.75, 3.05) is 5.73 Å². The number of carbonyl (C=O) groups excluding carboxylic acids is 2. The maximum atomic E-state index is 12.7. The standard InChI is InChI=1S/C14H7Br2NO5S/c15-5-1-2-6-7(3-5)14(19)11-10(13(6)18)8(16)4-9(12(11)17)23(20,21)22/h1-4H,17H2,(H,20,21,22). The first-order valence-corrected chi connectivity index (χ1v) is 9.14. The minimum Gasteiger partial charge on any atom is -0.397 e. The van der Waals surface area contributed by atoms with Gasteiger partial charge in [0.2, 0.25) is 0 Å². The molecule has 0 amide bonds. The van der Waals surface area contributed by atoms with Crippen molar-refractivity contribution in [3.8, 4) is 0 Å². The van der Waals surface area contributed by atoms with E-state index in [2.05, 4.69) is 31.9 Å². The Morgan fingerprint density at radius 1 is 0.957 bits per heavy atom. The minimum atomic E-state index is -4.64. The summed E-state index contributed by atoms with van der Waals surface area (Å²) in [5, 5.41) is 0. The fourth-order valence-corrected chi connectivity index (χ4v) is 4.25. The topological polar surface area (TPSA) is 115 Å². The molecule has 2 aromatic rings. The van der Waals surface area contributed by atoms with Gasteiger partial charge in [-0.1, -0.05) is 15.9 Å². The van der Waals surface area contributed by atoms with Crippen LogP contribution in [0.1, 0.15) is 31.8 Å². The van der Waals surface area contributed by atoms with Crippen LogP contribution in [0, 0.1) is 0 Å². The molecule has 3 rings (SSSR count). The lowest BCUT2D eigenvalue weighted by Gasteiger charge is -2.21. The van der Waals surface area contributed by atoms with Crippen molar-refractivity contribution in [2.24, 2.45) is 0 Å². The molecule has 0 aliphatic heterocycles. The quantitative estimate of drug-likeness (QED) is 0.426. The van der Waals surface area contributed by atoms with Crippen molar-refractivity contribution in [1.29, 1.82) is 0 Å². The Kier molecular flexibility index (Phi) is 3.71. The zero-order chi connectivity index (χ0) is 17.1. The number of benzene rings is 2. The molecule has 2 aromatic carbocycles. The minimum absolute atomic E-state index is 0.0188. The van der Waals surface area contributed by atoms with E-state index in [1.54, 1.807) is 6.07 Å². The zero-order valence-corrected chi connectivity index (χ0v) is 15.1. The Labute approximate surface area is 147 Å². The van der Waals surface area contributed by atoms with Crippen LogP contribution in [0.5, 0.6) is 0 Å². The summed E-state index contributed by atoms with van der Waals surface area (Å²) in [6, 6.07) is 5.60. The second-order valence-corrected chi connectivity index (χ2v) is 8.00. The van der Waals surface area contributed by atoms with Crippen LogP contribution in [0.2, 0.25) is 0 Å². The number of nitrogen functional groups attached to an aromatic ring is 1. The Morgan fingerprint density at radius 3 is 2.17 bits per heavy atom. The molecule has 23 heavy (non-hydrogen) atoms. The van der Waals surface area contributed by atoms with E-state index in [4.69, 9.17) is 5.73 Å². The van der Waals surface area contributed by atoms with Crippen molar-refractivity contribution in [3.63, 3.8) is 0 Å². The fraction of sp³-hybridized carbons (Fsp3) is 0. The number of rotatable bonds is 1.